The van der Waals surface area contributed by atoms with Crippen LogP contribution in [-0.4, -0.2) is 24.5 Å². The zero-order chi connectivity index (χ0) is 13.3. The number of nitrogens with two attached hydrogens (primary N) is 1. The number of amides is 1. The van der Waals surface area contributed by atoms with Crippen LogP contribution in [0.25, 0.3) is 0 Å². The number of carbonyl (C=O) groups is 1. The van der Waals surface area contributed by atoms with Crippen molar-refractivity contribution in [2.45, 2.75) is 19.4 Å². The van der Waals surface area contributed by atoms with E-state index in [1.165, 1.54) is 0 Å². The van der Waals surface area contributed by atoms with Gasteiger partial charge in [-0.25, -0.2) is 0 Å². The van der Waals surface area contributed by atoms with E-state index in [2.05, 4.69) is 11.4 Å². The Bertz CT molecular complexity index is 530. The summed E-state index contributed by atoms with van der Waals surface area (Å²) in [6.45, 7) is 4.95. The molecule has 0 atom stereocenters. The monoisotopic (exact) mass is 244 g/mol. The topological polar surface area (TPSA) is 82.2 Å². The van der Waals surface area contributed by atoms with Gasteiger partial charge in [-0.3, -0.25) is 4.79 Å². The quantitative estimate of drug-likeness (QED) is 0.718. The molecule has 1 amide bonds. The number of piperazine rings is 1. The first-order valence-electron chi connectivity index (χ1n) is 5.83. The number of anilines is 2. The Balaban J connectivity index is 2.49. The zero-order valence-electron chi connectivity index (χ0n) is 10.5. The highest BCUT2D eigenvalue weighted by atomic mass is 16.2. The molecule has 1 saturated heterocycles. The number of hydrogen-bond donors (Lipinski definition) is 2. The molecule has 2 rings (SSSR count). The normalized spacial score (nSPS) is 18.1. The third-order valence-electron chi connectivity index (χ3n) is 3.35. The van der Waals surface area contributed by atoms with E-state index in [9.17, 15) is 4.79 Å². The molecule has 0 saturated carbocycles. The smallest absolute Gasteiger partial charge is 0.245 e. The van der Waals surface area contributed by atoms with Crippen LogP contribution in [0.4, 0.5) is 11.4 Å². The molecular formula is C13H16N4O. The Morgan fingerprint density at radius 3 is 2.89 bits per heavy atom. The molecule has 5 nitrogen and oxygen atoms in total. The zero-order valence-corrected chi connectivity index (χ0v) is 10.5. The Morgan fingerprint density at radius 1 is 1.50 bits per heavy atom. The minimum absolute atomic E-state index is 0.0319. The molecule has 1 fully saturated rings. The van der Waals surface area contributed by atoms with Crippen LogP contribution in [0, 0.1) is 11.3 Å². The van der Waals surface area contributed by atoms with Crippen molar-refractivity contribution in [1.29, 1.82) is 5.26 Å². The largest absolute Gasteiger partial charge is 0.396 e. The maximum atomic E-state index is 11.9. The number of nitrogens with zero attached hydrogens (tertiary/aromatic N) is 2. The average Bonchev–Trinajstić information content (AvgIpc) is 2.34. The van der Waals surface area contributed by atoms with E-state index >= 15 is 0 Å². The second-order valence-electron chi connectivity index (χ2n) is 4.82. The van der Waals surface area contributed by atoms with E-state index in [-0.39, 0.29) is 5.91 Å². The van der Waals surface area contributed by atoms with Crippen LogP contribution in [0.15, 0.2) is 18.2 Å². The molecule has 1 aliphatic rings. The molecule has 0 bridgehead atoms. The highest BCUT2D eigenvalue weighted by molar-refractivity contribution is 5.92. The van der Waals surface area contributed by atoms with Gasteiger partial charge in [0.2, 0.25) is 5.91 Å². The first kappa shape index (κ1) is 12.2. The summed E-state index contributed by atoms with van der Waals surface area (Å²) in [6.07, 6.45) is 0. The molecule has 0 spiro atoms. The van der Waals surface area contributed by atoms with Crippen LogP contribution in [0.2, 0.25) is 0 Å². The van der Waals surface area contributed by atoms with Crippen molar-refractivity contribution < 1.29 is 4.79 Å². The molecule has 1 aliphatic heterocycles. The number of para-hydroxylation sites is 1. The van der Waals surface area contributed by atoms with E-state index in [4.69, 9.17) is 11.0 Å². The van der Waals surface area contributed by atoms with Crippen molar-refractivity contribution in [2.75, 3.05) is 23.7 Å². The van der Waals surface area contributed by atoms with Crippen molar-refractivity contribution in [1.82, 2.24) is 5.32 Å². The number of nitriles is 1. The number of rotatable bonds is 1. The number of hydrogen-bond acceptors (Lipinski definition) is 4. The Kier molecular flexibility index (Phi) is 2.87. The number of nitrogens with one attached hydrogen (secondary N) is 1. The Hall–Kier alpha value is -2.22. The third-order valence-corrected chi connectivity index (χ3v) is 3.35. The lowest BCUT2D eigenvalue weighted by Gasteiger charge is -2.43. The fourth-order valence-corrected chi connectivity index (χ4v) is 2.21. The fourth-order valence-electron chi connectivity index (χ4n) is 2.21. The fraction of sp³-hybridized carbons (Fsp3) is 0.385. The van der Waals surface area contributed by atoms with Crippen molar-refractivity contribution >= 4 is 17.3 Å². The average molecular weight is 244 g/mol. The van der Waals surface area contributed by atoms with Gasteiger partial charge in [-0.05, 0) is 26.0 Å². The number of carbonyl (C=O) groups excluding carboxylic acids is 1. The molecule has 94 valence electrons. The van der Waals surface area contributed by atoms with Gasteiger partial charge in [0.05, 0.1) is 16.9 Å². The predicted octanol–water partition coefficient (Wildman–Crippen LogP) is 0.855. The van der Waals surface area contributed by atoms with E-state index in [1.807, 2.05) is 24.8 Å². The number of benzene rings is 1. The molecule has 0 radical (unpaired) electrons. The second-order valence-corrected chi connectivity index (χ2v) is 4.82. The molecule has 18 heavy (non-hydrogen) atoms. The van der Waals surface area contributed by atoms with Crippen LogP contribution in [0.1, 0.15) is 19.4 Å². The Morgan fingerprint density at radius 2 is 2.22 bits per heavy atom. The van der Waals surface area contributed by atoms with Crippen molar-refractivity contribution in [2.24, 2.45) is 0 Å². The summed E-state index contributed by atoms with van der Waals surface area (Å²) >= 11 is 0. The van der Waals surface area contributed by atoms with Crippen LogP contribution >= 0.6 is 0 Å². The summed E-state index contributed by atoms with van der Waals surface area (Å²) in [5.41, 5.74) is 6.95. The van der Waals surface area contributed by atoms with E-state index in [0.29, 0.717) is 24.3 Å². The standard InChI is InChI=1S/C13H16N4O/c1-13(2)12(18)16-6-7-17(13)10-5-3-4-9(8-14)11(10)15/h3-5H,6-7,15H2,1-2H3,(H,16,18). The van der Waals surface area contributed by atoms with Crippen LogP contribution < -0.4 is 16.0 Å². The second kappa shape index (κ2) is 4.22. The first-order valence-corrected chi connectivity index (χ1v) is 5.83. The maximum absolute atomic E-state index is 11.9. The van der Waals surface area contributed by atoms with Gasteiger partial charge >= 0.3 is 0 Å². The molecule has 3 N–H and O–H groups in total. The molecule has 1 aromatic carbocycles. The van der Waals surface area contributed by atoms with Crippen LogP contribution in [-0.2, 0) is 4.79 Å². The molecule has 1 aromatic rings. The van der Waals surface area contributed by atoms with Crippen LogP contribution in [0.5, 0.6) is 0 Å². The molecule has 0 unspecified atom stereocenters. The lowest BCUT2D eigenvalue weighted by molar-refractivity contribution is -0.126. The van der Waals surface area contributed by atoms with Gasteiger partial charge in [0, 0.05) is 13.1 Å². The molecule has 0 aromatic heterocycles. The highest BCUT2D eigenvalue weighted by Crippen LogP contribution is 2.32. The van der Waals surface area contributed by atoms with Gasteiger partial charge in [-0.2, -0.15) is 5.26 Å². The van der Waals surface area contributed by atoms with E-state index < -0.39 is 5.54 Å². The molecule has 1 heterocycles. The minimum Gasteiger partial charge on any atom is -0.396 e. The van der Waals surface area contributed by atoms with Gasteiger partial charge in [0.1, 0.15) is 11.6 Å². The lowest BCUT2D eigenvalue weighted by atomic mass is 9.97. The van der Waals surface area contributed by atoms with Gasteiger partial charge in [-0.15, -0.1) is 0 Å². The molecule has 5 heteroatoms. The summed E-state index contributed by atoms with van der Waals surface area (Å²) < 4.78 is 0. The first-order chi connectivity index (χ1) is 8.48. The maximum Gasteiger partial charge on any atom is 0.245 e. The highest BCUT2D eigenvalue weighted by Gasteiger charge is 2.38. The van der Waals surface area contributed by atoms with Crippen molar-refractivity contribution in [3.8, 4) is 6.07 Å². The lowest BCUT2D eigenvalue weighted by Crippen LogP contribution is -2.62. The van der Waals surface area contributed by atoms with Gasteiger partial charge in [-0.1, -0.05) is 6.07 Å². The van der Waals surface area contributed by atoms with E-state index in [1.54, 1.807) is 12.1 Å². The van der Waals surface area contributed by atoms with Crippen molar-refractivity contribution in [3.63, 3.8) is 0 Å². The minimum atomic E-state index is -0.666. The van der Waals surface area contributed by atoms with Gasteiger partial charge < -0.3 is 16.0 Å². The SMILES string of the molecule is CC1(C)C(=O)NCCN1c1cccc(C#N)c1N. The predicted molar refractivity (Wildman–Crippen MR) is 70.0 cm³/mol. The van der Waals surface area contributed by atoms with Crippen molar-refractivity contribution in [3.05, 3.63) is 23.8 Å². The van der Waals surface area contributed by atoms with Gasteiger partial charge in [0.25, 0.3) is 0 Å². The summed E-state index contributed by atoms with van der Waals surface area (Å²) in [4.78, 5) is 13.9. The Labute approximate surface area is 106 Å². The molecule has 0 aliphatic carbocycles. The third kappa shape index (κ3) is 1.76. The molecular weight excluding hydrogens is 228 g/mol. The summed E-state index contributed by atoms with van der Waals surface area (Å²) in [7, 11) is 0. The summed E-state index contributed by atoms with van der Waals surface area (Å²) in [5.74, 6) is -0.0319. The van der Waals surface area contributed by atoms with E-state index in [0.717, 1.165) is 5.69 Å². The van der Waals surface area contributed by atoms with Crippen LogP contribution in [0.3, 0.4) is 0 Å². The summed E-state index contributed by atoms with van der Waals surface area (Å²) in [5, 5.41) is 11.8. The summed E-state index contributed by atoms with van der Waals surface area (Å²) in [6, 6.07) is 7.37. The number of nitrogen functional groups attached to an aromatic ring is 1. The van der Waals surface area contributed by atoms with Gasteiger partial charge in [0.15, 0.2) is 0 Å².